The normalized spacial score (nSPS) is 25.7. The molecule has 0 heterocycles. The van der Waals surface area contributed by atoms with Gasteiger partial charge in [-0.1, -0.05) is 56.2 Å². The molecule has 2 fully saturated rings. The van der Waals surface area contributed by atoms with E-state index in [9.17, 15) is 8.78 Å². The first kappa shape index (κ1) is 25.0. The van der Waals surface area contributed by atoms with Crippen molar-refractivity contribution in [2.24, 2.45) is 11.8 Å². The number of allylic oxidation sites excluding steroid dienone is 1. The highest BCUT2D eigenvalue weighted by Crippen LogP contribution is 2.41. The Balaban J connectivity index is 1.34. The maximum Gasteiger partial charge on any atom is 0.162 e. The van der Waals surface area contributed by atoms with Gasteiger partial charge in [-0.3, -0.25) is 0 Å². The summed E-state index contributed by atoms with van der Waals surface area (Å²) >= 11 is 0. The molecule has 0 bridgehead atoms. The molecule has 2 aromatic carbocycles. The van der Waals surface area contributed by atoms with E-state index in [0.717, 1.165) is 56.9 Å². The molecular weight excluding hydrogens is 433 g/mol. The van der Waals surface area contributed by atoms with Crippen LogP contribution in [0.5, 0.6) is 0 Å². The Morgan fingerprint density at radius 2 is 1.41 bits per heavy atom. The van der Waals surface area contributed by atoms with Crippen LogP contribution in [-0.4, -0.2) is 6.61 Å². The van der Waals surface area contributed by atoms with Crippen LogP contribution in [0.1, 0.15) is 99.3 Å². The quantitative estimate of drug-likeness (QED) is 0.392. The van der Waals surface area contributed by atoms with E-state index in [4.69, 9.17) is 4.74 Å². The minimum Gasteiger partial charge on any atom is -0.377 e. The molecule has 0 amide bonds. The van der Waals surface area contributed by atoms with Crippen LogP contribution in [0.4, 0.5) is 13.2 Å². The van der Waals surface area contributed by atoms with Crippen LogP contribution < -0.4 is 0 Å². The van der Waals surface area contributed by atoms with Crippen molar-refractivity contribution in [1.29, 1.82) is 0 Å². The fourth-order valence-electron chi connectivity index (χ4n) is 5.65. The zero-order chi connectivity index (χ0) is 24.1. The molecule has 0 radical (unpaired) electrons. The van der Waals surface area contributed by atoms with Gasteiger partial charge in [-0.05, 0) is 91.9 Å². The predicted octanol–water partition coefficient (Wildman–Crippen LogP) is 8.92. The summed E-state index contributed by atoms with van der Waals surface area (Å²) < 4.78 is 49.6. The molecule has 2 aromatic rings. The number of benzene rings is 2. The molecule has 2 aliphatic carbocycles. The van der Waals surface area contributed by atoms with E-state index < -0.39 is 11.6 Å². The van der Waals surface area contributed by atoms with Crippen molar-refractivity contribution in [3.63, 3.8) is 0 Å². The molecule has 2 aliphatic rings. The van der Waals surface area contributed by atoms with Gasteiger partial charge in [0.25, 0.3) is 0 Å². The number of ether oxygens (including phenoxy) is 1. The Morgan fingerprint density at radius 3 is 1.97 bits per heavy atom. The minimum absolute atomic E-state index is 0.0647. The highest BCUT2D eigenvalue weighted by atomic mass is 19.2. The van der Waals surface area contributed by atoms with Crippen LogP contribution in [0.25, 0.3) is 6.08 Å². The second-order valence-corrected chi connectivity index (χ2v) is 10.3. The van der Waals surface area contributed by atoms with Gasteiger partial charge in [-0.2, -0.15) is 0 Å². The first-order valence-electron chi connectivity index (χ1n) is 13.0. The zero-order valence-electron chi connectivity index (χ0n) is 20.5. The summed E-state index contributed by atoms with van der Waals surface area (Å²) in [5, 5.41) is 0. The van der Waals surface area contributed by atoms with E-state index in [2.05, 4.69) is 13.0 Å². The molecule has 0 unspecified atom stereocenters. The lowest BCUT2D eigenvalue weighted by Crippen LogP contribution is -2.16. The molecule has 0 aromatic heterocycles. The SMILES string of the molecule is CCOCc1ccc(/C=C/C2CCC(c3ccc(C4CCC(C)CC4)c(F)c3F)CC2)cc1F. The third kappa shape index (κ3) is 5.94. The lowest BCUT2D eigenvalue weighted by molar-refractivity contribution is 0.131. The second kappa shape index (κ2) is 11.6. The lowest BCUT2D eigenvalue weighted by Gasteiger charge is -2.29. The fourth-order valence-corrected chi connectivity index (χ4v) is 5.65. The number of rotatable bonds is 7. The van der Waals surface area contributed by atoms with E-state index in [1.165, 1.54) is 0 Å². The van der Waals surface area contributed by atoms with E-state index in [1.807, 2.05) is 31.2 Å². The number of hydrogen-bond donors (Lipinski definition) is 0. The molecule has 0 atom stereocenters. The third-order valence-corrected chi connectivity index (χ3v) is 7.91. The Labute approximate surface area is 202 Å². The standard InChI is InChI=1S/C30H37F3O/c1-3-34-19-25-15-10-22(18-28(25)31)7-6-21-8-13-24(14-9-21)27-17-16-26(29(32)30(27)33)23-11-4-20(2)5-12-23/h6-7,10,15-18,20-21,23-24H,3-5,8-9,11-14,19H2,1-2H3/b7-6+. The Kier molecular flexibility index (Phi) is 8.52. The van der Waals surface area contributed by atoms with Crippen LogP contribution in [0.15, 0.2) is 36.4 Å². The molecule has 4 rings (SSSR count). The maximum atomic E-state index is 15.1. The van der Waals surface area contributed by atoms with Crippen LogP contribution in [0.3, 0.4) is 0 Å². The zero-order valence-corrected chi connectivity index (χ0v) is 20.5. The minimum atomic E-state index is -0.627. The van der Waals surface area contributed by atoms with Gasteiger partial charge >= 0.3 is 0 Å². The summed E-state index contributed by atoms with van der Waals surface area (Å²) in [6.45, 7) is 4.97. The van der Waals surface area contributed by atoms with Crippen molar-refractivity contribution < 1.29 is 17.9 Å². The molecule has 34 heavy (non-hydrogen) atoms. The molecule has 184 valence electrons. The monoisotopic (exact) mass is 470 g/mol. The predicted molar refractivity (Wildman–Crippen MR) is 132 cm³/mol. The van der Waals surface area contributed by atoms with Crippen LogP contribution in [-0.2, 0) is 11.3 Å². The Bertz CT molecular complexity index is 983. The van der Waals surface area contributed by atoms with Gasteiger partial charge in [0.15, 0.2) is 11.6 Å². The molecule has 4 heteroatoms. The van der Waals surface area contributed by atoms with Crippen molar-refractivity contribution in [3.05, 3.63) is 76.1 Å². The first-order valence-corrected chi connectivity index (χ1v) is 13.0. The summed E-state index contributed by atoms with van der Waals surface area (Å²) in [4.78, 5) is 0. The molecule has 0 saturated heterocycles. The van der Waals surface area contributed by atoms with E-state index in [0.29, 0.717) is 35.1 Å². The number of hydrogen-bond acceptors (Lipinski definition) is 1. The second-order valence-electron chi connectivity index (χ2n) is 10.3. The van der Waals surface area contributed by atoms with Crippen molar-refractivity contribution in [3.8, 4) is 0 Å². The molecule has 0 aliphatic heterocycles. The van der Waals surface area contributed by atoms with Crippen molar-refractivity contribution in [1.82, 2.24) is 0 Å². The Morgan fingerprint density at radius 1 is 0.824 bits per heavy atom. The molecule has 0 N–H and O–H groups in total. The van der Waals surface area contributed by atoms with E-state index in [-0.39, 0.29) is 24.3 Å². The third-order valence-electron chi connectivity index (χ3n) is 7.91. The summed E-state index contributed by atoms with van der Waals surface area (Å²) in [5.41, 5.74) is 2.52. The molecular formula is C30H37F3O. The summed E-state index contributed by atoms with van der Waals surface area (Å²) in [7, 11) is 0. The number of halogens is 3. The highest BCUT2D eigenvalue weighted by molar-refractivity contribution is 5.50. The van der Waals surface area contributed by atoms with Crippen LogP contribution in [0, 0.1) is 29.3 Å². The molecule has 0 spiro atoms. The van der Waals surface area contributed by atoms with Gasteiger partial charge in [0, 0.05) is 12.2 Å². The van der Waals surface area contributed by atoms with Gasteiger partial charge in [-0.25, -0.2) is 13.2 Å². The highest BCUT2D eigenvalue weighted by Gasteiger charge is 2.28. The van der Waals surface area contributed by atoms with Crippen molar-refractivity contribution in [2.45, 2.75) is 83.7 Å². The first-order chi connectivity index (χ1) is 16.5. The smallest absolute Gasteiger partial charge is 0.162 e. The van der Waals surface area contributed by atoms with Gasteiger partial charge < -0.3 is 4.74 Å². The summed E-state index contributed by atoms with van der Waals surface area (Å²) in [6.07, 6.45) is 11.7. The van der Waals surface area contributed by atoms with Gasteiger partial charge in [0.05, 0.1) is 6.61 Å². The Hall–Kier alpha value is -2.07. The summed E-state index contributed by atoms with van der Waals surface area (Å²) in [6, 6.07) is 8.93. The van der Waals surface area contributed by atoms with Crippen molar-refractivity contribution >= 4 is 6.08 Å². The average molecular weight is 471 g/mol. The molecule has 2 saturated carbocycles. The van der Waals surface area contributed by atoms with E-state index in [1.54, 1.807) is 12.1 Å². The van der Waals surface area contributed by atoms with Gasteiger partial charge in [-0.15, -0.1) is 0 Å². The van der Waals surface area contributed by atoms with Crippen molar-refractivity contribution in [2.75, 3.05) is 6.61 Å². The van der Waals surface area contributed by atoms with Crippen LogP contribution in [0.2, 0.25) is 0 Å². The summed E-state index contributed by atoms with van der Waals surface area (Å²) in [5.74, 6) is -0.214. The molecule has 1 nitrogen and oxygen atoms in total. The van der Waals surface area contributed by atoms with Gasteiger partial charge in [0.2, 0.25) is 0 Å². The van der Waals surface area contributed by atoms with Crippen LogP contribution >= 0.6 is 0 Å². The lowest BCUT2D eigenvalue weighted by atomic mass is 9.76. The fraction of sp³-hybridized carbons (Fsp3) is 0.533. The van der Waals surface area contributed by atoms with E-state index >= 15 is 4.39 Å². The average Bonchev–Trinajstić information content (AvgIpc) is 2.85. The maximum absolute atomic E-state index is 15.1. The topological polar surface area (TPSA) is 9.23 Å². The largest absolute Gasteiger partial charge is 0.377 e. The van der Waals surface area contributed by atoms with Gasteiger partial charge in [0.1, 0.15) is 5.82 Å².